The van der Waals surface area contributed by atoms with Gasteiger partial charge in [0.25, 0.3) is 0 Å². The van der Waals surface area contributed by atoms with E-state index in [9.17, 15) is 4.39 Å². The third-order valence-corrected chi connectivity index (χ3v) is 4.99. The zero-order valence-corrected chi connectivity index (χ0v) is 15.5. The second kappa shape index (κ2) is 10.6. The van der Waals surface area contributed by atoms with E-state index in [1.54, 1.807) is 0 Å². The number of hydrogen-bond donors (Lipinski definition) is 2. The molecule has 2 rings (SSSR count). The van der Waals surface area contributed by atoms with E-state index in [4.69, 9.17) is 0 Å². The van der Waals surface area contributed by atoms with Gasteiger partial charge in [-0.05, 0) is 49.0 Å². The quantitative estimate of drug-likeness (QED) is 0.450. The van der Waals surface area contributed by atoms with Crippen LogP contribution in [0.15, 0.2) is 29.3 Å². The summed E-state index contributed by atoms with van der Waals surface area (Å²) in [6.07, 6.45) is 5.49. The number of nitrogens with one attached hydrogen (secondary N) is 2. The van der Waals surface area contributed by atoms with E-state index < -0.39 is 0 Å². The number of halogens is 1. The van der Waals surface area contributed by atoms with Crippen LogP contribution in [0.1, 0.15) is 24.8 Å². The fraction of sp³-hybridized carbons (Fsp3) is 0.611. The first-order valence-corrected chi connectivity index (χ1v) is 10.0. The van der Waals surface area contributed by atoms with Gasteiger partial charge in [0.1, 0.15) is 5.82 Å². The Morgan fingerprint density at radius 2 is 2.00 bits per heavy atom. The average Bonchev–Trinajstić information content (AvgIpc) is 2.61. The van der Waals surface area contributed by atoms with Crippen molar-refractivity contribution in [3.8, 4) is 0 Å². The molecule has 0 unspecified atom stereocenters. The van der Waals surface area contributed by atoms with Crippen LogP contribution >= 0.6 is 11.8 Å². The molecule has 0 radical (unpaired) electrons. The number of aliphatic imine (C=N–C) groups is 1. The Hall–Kier alpha value is -1.27. The molecule has 1 aromatic carbocycles. The fourth-order valence-electron chi connectivity index (χ4n) is 2.89. The average molecular weight is 353 g/mol. The lowest BCUT2D eigenvalue weighted by Crippen LogP contribution is -2.48. The van der Waals surface area contributed by atoms with Crippen LogP contribution in [0.3, 0.4) is 0 Å². The summed E-state index contributed by atoms with van der Waals surface area (Å²) in [6.45, 7) is 3.97. The van der Waals surface area contributed by atoms with Gasteiger partial charge in [0.2, 0.25) is 0 Å². The number of likely N-dealkylation sites (tertiary alicyclic amines) is 1. The Balaban J connectivity index is 1.68. The first kappa shape index (κ1) is 19.1. The van der Waals surface area contributed by atoms with Gasteiger partial charge in [-0.25, -0.2) is 4.39 Å². The Labute approximate surface area is 149 Å². The largest absolute Gasteiger partial charge is 0.356 e. The number of hydrogen-bond acceptors (Lipinski definition) is 3. The van der Waals surface area contributed by atoms with E-state index in [0.29, 0.717) is 6.04 Å². The third kappa shape index (κ3) is 6.69. The lowest BCUT2D eigenvalue weighted by Gasteiger charge is -2.33. The van der Waals surface area contributed by atoms with Crippen LogP contribution in [0.2, 0.25) is 0 Å². The summed E-state index contributed by atoms with van der Waals surface area (Å²) in [5.74, 6) is 1.91. The molecule has 0 bridgehead atoms. The van der Waals surface area contributed by atoms with Gasteiger partial charge in [-0.3, -0.25) is 9.89 Å². The maximum atomic E-state index is 13.0. The molecule has 0 atom stereocenters. The molecule has 0 saturated carbocycles. The Bertz CT molecular complexity index is 498. The summed E-state index contributed by atoms with van der Waals surface area (Å²) in [6, 6.07) is 7.30. The Kier molecular flexibility index (Phi) is 8.39. The van der Waals surface area contributed by atoms with Gasteiger partial charge >= 0.3 is 0 Å². The van der Waals surface area contributed by atoms with Crippen LogP contribution in [-0.4, -0.2) is 55.6 Å². The summed E-state index contributed by atoms with van der Waals surface area (Å²) in [5, 5.41) is 6.91. The van der Waals surface area contributed by atoms with Gasteiger partial charge in [-0.1, -0.05) is 12.1 Å². The summed E-state index contributed by atoms with van der Waals surface area (Å²) < 4.78 is 13.0. The molecule has 4 nitrogen and oxygen atoms in total. The van der Waals surface area contributed by atoms with Crippen LogP contribution in [0.4, 0.5) is 4.39 Å². The van der Waals surface area contributed by atoms with Crippen molar-refractivity contribution >= 4 is 17.7 Å². The summed E-state index contributed by atoms with van der Waals surface area (Å²) in [7, 11) is 1.83. The first-order chi connectivity index (χ1) is 11.7. The lowest BCUT2D eigenvalue weighted by molar-refractivity contribution is 0.198. The van der Waals surface area contributed by atoms with Crippen molar-refractivity contribution in [1.82, 2.24) is 15.5 Å². The van der Waals surface area contributed by atoms with Crippen molar-refractivity contribution in [2.45, 2.75) is 31.8 Å². The van der Waals surface area contributed by atoms with Gasteiger partial charge in [0.15, 0.2) is 5.96 Å². The minimum atomic E-state index is -0.168. The highest BCUT2D eigenvalue weighted by atomic mass is 32.2. The predicted octanol–water partition coefficient (Wildman–Crippen LogP) is 2.71. The number of piperidine rings is 1. The zero-order chi connectivity index (χ0) is 17.2. The summed E-state index contributed by atoms with van der Waals surface area (Å²) >= 11 is 1.87. The van der Waals surface area contributed by atoms with E-state index in [1.165, 1.54) is 23.4 Å². The molecule has 0 aromatic heterocycles. The van der Waals surface area contributed by atoms with Gasteiger partial charge in [-0.2, -0.15) is 11.8 Å². The number of thioether (sulfide) groups is 1. The molecular formula is C18H29FN4S. The molecule has 1 saturated heterocycles. The second-order valence-corrected chi connectivity index (χ2v) is 7.15. The first-order valence-electron chi connectivity index (χ1n) is 8.64. The molecule has 0 amide bonds. The van der Waals surface area contributed by atoms with Crippen molar-refractivity contribution in [3.05, 3.63) is 35.6 Å². The smallest absolute Gasteiger partial charge is 0.191 e. The second-order valence-electron chi connectivity index (χ2n) is 6.17. The number of benzene rings is 1. The number of nitrogens with zero attached hydrogens (tertiary/aromatic N) is 2. The number of guanidine groups is 1. The lowest BCUT2D eigenvalue weighted by atomic mass is 10.0. The third-order valence-electron chi connectivity index (χ3n) is 4.29. The van der Waals surface area contributed by atoms with Crippen molar-refractivity contribution in [2.24, 2.45) is 4.99 Å². The van der Waals surface area contributed by atoms with Crippen molar-refractivity contribution in [3.63, 3.8) is 0 Å². The van der Waals surface area contributed by atoms with Crippen LogP contribution in [0, 0.1) is 5.82 Å². The van der Waals surface area contributed by atoms with E-state index in [-0.39, 0.29) is 5.82 Å². The standard InChI is InChI=1S/C18H29FN4S/c1-20-18(21-10-3-13-24-2)22-17-8-11-23(12-9-17)14-15-4-6-16(19)7-5-15/h4-7,17H,3,8-14H2,1-2H3,(H2,20,21,22). The van der Waals surface area contributed by atoms with Crippen molar-refractivity contribution in [2.75, 3.05) is 38.7 Å². The topological polar surface area (TPSA) is 39.7 Å². The predicted molar refractivity (Wildman–Crippen MR) is 102 cm³/mol. The molecule has 134 valence electrons. The number of rotatable bonds is 7. The normalized spacial score (nSPS) is 17.0. The Morgan fingerprint density at radius 1 is 1.29 bits per heavy atom. The Morgan fingerprint density at radius 3 is 2.62 bits per heavy atom. The molecule has 1 aliphatic rings. The minimum absolute atomic E-state index is 0.168. The van der Waals surface area contributed by atoms with E-state index >= 15 is 0 Å². The van der Waals surface area contributed by atoms with Gasteiger partial charge in [-0.15, -0.1) is 0 Å². The molecule has 24 heavy (non-hydrogen) atoms. The maximum absolute atomic E-state index is 13.0. The van der Waals surface area contributed by atoms with Gasteiger partial charge < -0.3 is 10.6 Å². The monoisotopic (exact) mass is 352 g/mol. The van der Waals surface area contributed by atoms with Gasteiger partial charge in [0.05, 0.1) is 0 Å². The zero-order valence-electron chi connectivity index (χ0n) is 14.7. The van der Waals surface area contributed by atoms with E-state index in [1.807, 2.05) is 30.9 Å². The molecule has 1 aromatic rings. The fourth-order valence-corrected chi connectivity index (χ4v) is 3.33. The highest BCUT2D eigenvalue weighted by molar-refractivity contribution is 7.98. The summed E-state index contributed by atoms with van der Waals surface area (Å²) in [4.78, 5) is 6.74. The maximum Gasteiger partial charge on any atom is 0.191 e. The molecule has 6 heteroatoms. The van der Waals surface area contributed by atoms with Gasteiger partial charge in [0, 0.05) is 39.3 Å². The summed E-state index contributed by atoms with van der Waals surface area (Å²) in [5.41, 5.74) is 1.18. The minimum Gasteiger partial charge on any atom is -0.356 e. The SMILES string of the molecule is CN=C(NCCCSC)NC1CCN(Cc2ccc(F)cc2)CC1. The van der Waals surface area contributed by atoms with E-state index in [0.717, 1.165) is 51.4 Å². The van der Waals surface area contributed by atoms with Crippen LogP contribution in [0.5, 0.6) is 0 Å². The van der Waals surface area contributed by atoms with Crippen LogP contribution in [0.25, 0.3) is 0 Å². The molecule has 0 spiro atoms. The van der Waals surface area contributed by atoms with Crippen LogP contribution in [-0.2, 0) is 6.54 Å². The molecule has 0 aliphatic carbocycles. The molecule has 1 heterocycles. The highest BCUT2D eigenvalue weighted by Gasteiger charge is 2.19. The molecular weight excluding hydrogens is 323 g/mol. The van der Waals surface area contributed by atoms with Crippen molar-refractivity contribution in [1.29, 1.82) is 0 Å². The molecule has 1 fully saturated rings. The highest BCUT2D eigenvalue weighted by Crippen LogP contribution is 2.14. The molecule has 1 aliphatic heterocycles. The van der Waals surface area contributed by atoms with Crippen LogP contribution < -0.4 is 10.6 Å². The molecule has 2 N–H and O–H groups in total. The van der Waals surface area contributed by atoms with E-state index in [2.05, 4.69) is 26.8 Å². The van der Waals surface area contributed by atoms with Crippen molar-refractivity contribution < 1.29 is 4.39 Å².